The first-order valence-corrected chi connectivity index (χ1v) is 6.64. The van der Waals surface area contributed by atoms with Crippen molar-refractivity contribution in [3.63, 3.8) is 0 Å². The van der Waals surface area contributed by atoms with Gasteiger partial charge in [-0.3, -0.25) is 0 Å². The number of aliphatic hydroxyl groups is 2. The number of rotatable bonds is 7. The summed E-state index contributed by atoms with van der Waals surface area (Å²) in [5.41, 5.74) is 0.821. The number of hydrogen-bond donors (Lipinski definition) is 3. The van der Waals surface area contributed by atoms with E-state index in [9.17, 15) is 10.2 Å². The molecule has 0 spiro atoms. The summed E-state index contributed by atoms with van der Waals surface area (Å²) in [6.45, 7) is 6.74. The Morgan fingerprint density at radius 1 is 1.44 bits per heavy atom. The molecule has 0 saturated heterocycles. The first-order chi connectivity index (χ1) is 8.60. The number of allylic oxidation sites excluding steroid dienone is 1. The van der Waals surface area contributed by atoms with Gasteiger partial charge in [0, 0.05) is 18.9 Å². The van der Waals surface area contributed by atoms with Crippen LogP contribution in [-0.2, 0) is 9.47 Å². The molecule has 0 aromatic rings. The maximum Gasteiger partial charge on any atom is 0.163 e. The van der Waals surface area contributed by atoms with Gasteiger partial charge in [0.05, 0.1) is 5.92 Å². The minimum Gasteiger partial charge on any atom is -0.373 e. The minimum absolute atomic E-state index is 0.349. The van der Waals surface area contributed by atoms with E-state index in [-0.39, 0.29) is 5.92 Å². The number of nitrogens with one attached hydrogen (secondary N) is 1. The Bertz CT molecular complexity index is 270. The molecule has 0 saturated carbocycles. The van der Waals surface area contributed by atoms with Crippen LogP contribution in [0.3, 0.4) is 0 Å². The second-order valence-corrected chi connectivity index (χ2v) is 4.55. The summed E-state index contributed by atoms with van der Waals surface area (Å²) in [6.07, 6.45) is 1.57. The van der Waals surface area contributed by atoms with Crippen LogP contribution in [0.4, 0.5) is 0 Å². The molecular formula is C13H25NO4. The molecule has 5 nitrogen and oxygen atoms in total. The molecule has 0 aliphatic carbocycles. The molecule has 0 radical (unpaired) electrons. The normalized spacial score (nSPS) is 29.6. The van der Waals surface area contributed by atoms with Crippen molar-refractivity contribution in [2.45, 2.75) is 52.2 Å². The van der Waals surface area contributed by atoms with E-state index in [4.69, 9.17) is 9.47 Å². The third kappa shape index (κ3) is 4.24. The largest absolute Gasteiger partial charge is 0.373 e. The third-order valence-electron chi connectivity index (χ3n) is 2.98. The van der Waals surface area contributed by atoms with E-state index in [1.165, 1.54) is 0 Å². The molecule has 0 bridgehead atoms. The minimum atomic E-state index is -0.951. The Morgan fingerprint density at radius 3 is 2.78 bits per heavy atom. The van der Waals surface area contributed by atoms with E-state index < -0.39 is 18.6 Å². The smallest absolute Gasteiger partial charge is 0.163 e. The fraction of sp³-hybridized carbons (Fsp3) is 0.846. The van der Waals surface area contributed by atoms with E-state index in [2.05, 4.69) is 12.2 Å². The molecule has 1 aliphatic heterocycles. The number of ether oxygens (including phenoxy) is 2. The molecule has 0 amide bonds. The highest BCUT2D eigenvalue weighted by Gasteiger charge is 2.36. The molecule has 18 heavy (non-hydrogen) atoms. The summed E-state index contributed by atoms with van der Waals surface area (Å²) in [7, 11) is 0. The Labute approximate surface area is 109 Å². The lowest BCUT2D eigenvalue weighted by Crippen LogP contribution is -2.51. The predicted octanol–water partition coefficient (Wildman–Crippen LogP) is 0.968. The van der Waals surface area contributed by atoms with Crippen molar-refractivity contribution in [3.8, 4) is 0 Å². The van der Waals surface area contributed by atoms with Crippen LogP contribution in [0.15, 0.2) is 11.8 Å². The predicted molar refractivity (Wildman–Crippen MR) is 68.7 cm³/mol. The number of hydrogen-bond acceptors (Lipinski definition) is 5. The van der Waals surface area contributed by atoms with Gasteiger partial charge in [-0.05, 0) is 20.3 Å². The van der Waals surface area contributed by atoms with Crippen LogP contribution in [0.2, 0.25) is 0 Å². The van der Waals surface area contributed by atoms with Crippen molar-refractivity contribution < 1.29 is 19.7 Å². The van der Waals surface area contributed by atoms with Gasteiger partial charge >= 0.3 is 0 Å². The van der Waals surface area contributed by atoms with Crippen LogP contribution in [-0.4, -0.2) is 42.0 Å². The van der Waals surface area contributed by atoms with E-state index >= 15 is 0 Å². The molecule has 3 N–H and O–H groups in total. The van der Waals surface area contributed by atoms with Crippen molar-refractivity contribution in [3.05, 3.63) is 11.8 Å². The molecule has 0 fully saturated rings. The Hall–Kier alpha value is -0.620. The van der Waals surface area contributed by atoms with E-state index in [0.29, 0.717) is 13.2 Å². The van der Waals surface area contributed by atoms with Gasteiger partial charge in [-0.2, -0.15) is 0 Å². The van der Waals surface area contributed by atoms with Crippen molar-refractivity contribution in [2.75, 3.05) is 13.2 Å². The lowest BCUT2D eigenvalue weighted by molar-refractivity contribution is -0.175. The highest BCUT2D eigenvalue weighted by Crippen LogP contribution is 2.24. The average Bonchev–Trinajstić information content (AvgIpc) is 2.31. The van der Waals surface area contributed by atoms with Gasteiger partial charge in [-0.25, -0.2) is 0 Å². The van der Waals surface area contributed by atoms with Crippen LogP contribution in [0, 0.1) is 5.92 Å². The highest BCUT2D eigenvalue weighted by molar-refractivity contribution is 5.09. The summed E-state index contributed by atoms with van der Waals surface area (Å²) in [5.74, 6) is -0.349. The average molecular weight is 259 g/mol. The van der Waals surface area contributed by atoms with Crippen LogP contribution in [0.25, 0.3) is 0 Å². The van der Waals surface area contributed by atoms with Gasteiger partial charge in [0.2, 0.25) is 0 Å². The summed E-state index contributed by atoms with van der Waals surface area (Å²) >= 11 is 0. The maximum absolute atomic E-state index is 9.98. The van der Waals surface area contributed by atoms with Crippen LogP contribution < -0.4 is 5.32 Å². The van der Waals surface area contributed by atoms with Gasteiger partial charge in [0.1, 0.15) is 6.10 Å². The third-order valence-corrected chi connectivity index (χ3v) is 2.98. The maximum atomic E-state index is 9.98. The summed E-state index contributed by atoms with van der Waals surface area (Å²) in [5, 5.41) is 22.8. The van der Waals surface area contributed by atoms with Crippen molar-refractivity contribution in [1.82, 2.24) is 5.32 Å². The fourth-order valence-corrected chi connectivity index (χ4v) is 2.05. The molecule has 4 atom stereocenters. The number of unbranched alkanes of at least 4 members (excludes halogenated alkanes) is 1. The van der Waals surface area contributed by atoms with E-state index in [1.807, 2.05) is 19.9 Å². The fourth-order valence-electron chi connectivity index (χ4n) is 2.05. The molecule has 1 aliphatic rings. The van der Waals surface area contributed by atoms with Gasteiger partial charge < -0.3 is 25.0 Å². The monoisotopic (exact) mass is 259 g/mol. The molecule has 0 aromatic heterocycles. The first kappa shape index (κ1) is 15.4. The highest BCUT2D eigenvalue weighted by atomic mass is 16.6. The zero-order valence-electron chi connectivity index (χ0n) is 11.4. The van der Waals surface area contributed by atoms with Gasteiger partial charge in [-0.15, -0.1) is 0 Å². The molecule has 1 rings (SSSR count). The van der Waals surface area contributed by atoms with Crippen LogP contribution >= 0.6 is 0 Å². The van der Waals surface area contributed by atoms with Gasteiger partial charge in [-0.1, -0.05) is 19.4 Å². The quantitative estimate of drug-likeness (QED) is 0.469. The zero-order valence-corrected chi connectivity index (χ0v) is 11.4. The van der Waals surface area contributed by atoms with Gasteiger partial charge in [0.25, 0.3) is 0 Å². The van der Waals surface area contributed by atoms with Crippen LogP contribution in [0.5, 0.6) is 0 Å². The Morgan fingerprint density at radius 2 is 2.17 bits per heavy atom. The van der Waals surface area contributed by atoms with Crippen LogP contribution in [0.1, 0.15) is 33.6 Å². The summed E-state index contributed by atoms with van der Waals surface area (Å²) in [4.78, 5) is 0. The Kier molecular flexibility index (Phi) is 6.63. The molecular weight excluding hydrogens is 234 g/mol. The van der Waals surface area contributed by atoms with Crippen molar-refractivity contribution in [2.24, 2.45) is 5.92 Å². The second-order valence-electron chi connectivity index (χ2n) is 4.55. The molecule has 5 heteroatoms. The van der Waals surface area contributed by atoms with Crippen molar-refractivity contribution in [1.29, 1.82) is 0 Å². The van der Waals surface area contributed by atoms with Gasteiger partial charge in [0.15, 0.2) is 12.5 Å². The lowest BCUT2D eigenvalue weighted by atomic mass is 9.95. The summed E-state index contributed by atoms with van der Waals surface area (Å²) in [6, 6.07) is 0. The summed E-state index contributed by atoms with van der Waals surface area (Å²) < 4.78 is 10.9. The lowest BCUT2D eigenvalue weighted by Gasteiger charge is -2.36. The van der Waals surface area contributed by atoms with E-state index in [0.717, 1.165) is 18.5 Å². The molecule has 0 aromatic carbocycles. The molecule has 1 heterocycles. The second kappa shape index (κ2) is 7.74. The first-order valence-electron chi connectivity index (χ1n) is 6.64. The SMILES string of the molecule is CCCCOC1[C@H]([C@@H](O)OCC)C=C(C)N[C@@H]1O. The number of aliphatic hydroxyl groups excluding tert-OH is 2. The standard InChI is InChI=1S/C13H25NO4/c1-4-6-7-18-11-10(13(16)17-5-2)8-9(3)14-12(11)15/h8,10-16H,4-7H2,1-3H3/t10-,11?,12-,13+/m1/s1. The Balaban J connectivity index is 2.68. The molecule has 1 unspecified atom stereocenters. The zero-order chi connectivity index (χ0) is 13.5. The van der Waals surface area contributed by atoms with E-state index in [1.54, 1.807) is 0 Å². The molecule has 106 valence electrons. The topological polar surface area (TPSA) is 71.0 Å². The van der Waals surface area contributed by atoms with Crippen molar-refractivity contribution >= 4 is 0 Å².